The fourth-order valence-corrected chi connectivity index (χ4v) is 3.90. The van der Waals surface area contributed by atoms with Gasteiger partial charge in [0.05, 0.1) is 12.0 Å². The van der Waals surface area contributed by atoms with E-state index >= 15 is 0 Å². The van der Waals surface area contributed by atoms with Gasteiger partial charge in [-0.3, -0.25) is 0 Å². The monoisotopic (exact) mass is 374 g/mol. The average molecular weight is 375 g/mol. The number of nitrogens with one attached hydrogen (secondary N) is 1. The molecule has 0 atom stereocenters. The Kier molecular flexibility index (Phi) is 8.62. The van der Waals surface area contributed by atoms with Crippen LogP contribution in [0.5, 0.6) is 0 Å². The lowest BCUT2D eigenvalue weighted by molar-refractivity contribution is 0.566. The lowest BCUT2D eigenvalue weighted by Crippen LogP contribution is -2.21. The normalized spacial score (nSPS) is 12.0. The van der Waals surface area contributed by atoms with Crippen LogP contribution in [0, 0.1) is 0 Å². The maximum Gasteiger partial charge on any atom is 0.247 e. The Bertz CT molecular complexity index is 795. The number of hydrogen-bond donors (Lipinski definition) is 1. The number of fused-ring (bicyclic) bond motifs is 1. The molecule has 0 spiro atoms. The molecule has 142 valence electrons. The van der Waals surface area contributed by atoms with Crippen molar-refractivity contribution in [2.75, 3.05) is 5.75 Å². The summed E-state index contributed by atoms with van der Waals surface area (Å²) in [7, 11) is -3.35. The molecule has 0 bridgehead atoms. The van der Waals surface area contributed by atoms with Crippen LogP contribution in [-0.4, -0.2) is 20.4 Å². The lowest BCUT2D eigenvalue weighted by Gasteiger charge is -2.04. The molecule has 0 heterocycles. The first kappa shape index (κ1) is 20.4. The van der Waals surface area contributed by atoms with Crippen molar-refractivity contribution in [3.05, 3.63) is 48.0 Å². The van der Waals surface area contributed by atoms with Crippen molar-refractivity contribution in [3.8, 4) is 0 Å². The highest BCUT2D eigenvalue weighted by atomic mass is 32.2. The van der Waals surface area contributed by atoms with Crippen molar-refractivity contribution in [1.29, 1.82) is 0 Å². The molecular formula is C21H30N2O2S. The first-order chi connectivity index (χ1) is 12.6. The summed E-state index contributed by atoms with van der Waals surface area (Å²) < 4.78 is 24.1. The molecule has 0 saturated carbocycles. The molecule has 0 saturated heterocycles. The first-order valence-electron chi connectivity index (χ1n) is 9.63. The van der Waals surface area contributed by atoms with Crippen LogP contribution < -0.4 is 4.83 Å². The van der Waals surface area contributed by atoms with E-state index in [0.717, 1.165) is 29.2 Å². The summed E-state index contributed by atoms with van der Waals surface area (Å²) in [6.07, 6.45) is 10.6. The molecule has 2 rings (SSSR count). The van der Waals surface area contributed by atoms with Crippen molar-refractivity contribution in [1.82, 2.24) is 4.83 Å². The van der Waals surface area contributed by atoms with Crippen molar-refractivity contribution >= 4 is 27.0 Å². The molecule has 0 aliphatic heterocycles. The van der Waals surface area contributed by atoms with E-state index in [9.17, 15) is 8.42 Å². The van der Waals surface area contributed by atoms with Gasteiger partial charge < -0.3 is 0 Å². The zero-order valence-corrected chi connectivity index (χ0v) is 16.5. The highest BCUT2D eigenvalue weighted by Crippen LogP contribution is 2.16. The summed E-state index contributed by atoms with van der Waals surface area (Å²) in [4.78, 5) is 2.33. The summed E-state index contributed by atoms with van der Waals surface area (Å²) in [6, 6.07) is 13.9. The van der Waals surface area contributed by atoms with E-state index in [1.54, 1.807) is 6.21 Å². The van der Waals surface area contributed by atoms with Gasteiger partial charge in [0.15, 0.2) is 0 Å². The largest absolute Gasteiger partial charge is 0.247 e. The maximum absolute atomic E-state index is 12.0. The number of sulfonamides is 1. The molecule has 2 aromatic carbocycles. The third-order valence-corrected chi connectivity index (χ3v) is 5.70. The second kappa shape index (κ2) is 11.0. The van der Waals surface area contributed by atoms with Crippen LogP contribution in [-0.2, 0) is 10.0 Å². The molecule has 2 aromatic rings. The number of hydrazone groups is 1. The van der Waals surface area contributed by atoms with Gasteiger partial charge in [0.1, 0.15) is 0 Å². The molecule has 0 unspecified atom stereocenters. The van der Waals surface area contributed by atoms with E-state index in [1.165, 1.54) is 32.1 Å². The minimum atomic E-state index is -3.35. The average Bonchev–Trinajstić information content (AvgIpc) is 2.64. The van der Waals surface area contributed by atoms with Crippen molar-refractivity contribution in [3.63, 3.8) is 0 Å². The first-order valence-corrected chi connectivity index (χ1v) is 11.3. The predicted octanol–water partition coefficient (Wildman–Crippen LogP) is 5.23. The second-order valence-electron chi connectivity index (χ2n) is 6.71. The summed E-state index contributed by atoms with van der Waals surface area (Å²) in [5.41, 5.74) is 0.901. The van der Waals surface area contributed by atoms with Gasteiger partial charge in [0, 0.05) is 5.56 Å². The van der Waals surface area contributed by atoms with E-state index in [0.29, 0.717) is 6.42 Å². The molecule has 0 aliphatic rings. The fraction of sp³-hybridized carbons (Fsp3) is 0.476. The zero-order chi connectivity index (χ0) is 18.7. The smallest absolute Gasteiger partial charge is 0.205 e. The van der Waals surface area contributed by atoms with Gasteiger partial charge in [-0.15, -0.1) is 0 Å². The van der Waals surface area contributed by atoms with Crippen LogP contribution in [0.2, 0.25) is 0 Å². The Balaban J connectivity index is 1.74. The van der Waals surface area contributed by atoms with Crippen LogP contribution >= 0.6 is 0 Å². The molecule has 4 nitrogen and oxygen atoms in total. The van der Waals surface area contributed by atoms with Gasteiger partial charge in [-0.05, 0) is 17.2 Å². The molecular weight excluding hydrogens is 344 g/mol. The number of benzene rings is 2. The maximum atomic E-state index is 12.0. The van der Waals surface area contributed by atoms with Crippen molar-refractivity contribution in [2.45, 2.75) is 58.3 Å². The van der Waals surface area contributed by atoms with Gasteiger partial charge >= 0.3 is 0 Å². The van der Waals surface area contributed by atoms with E-state index in [4.69, 9.17) is 0 Å². The lowest BCUT2D eigenvalue weighted by atomic mass is 10.1. The van der Waals surface area contributed by atoms with Gasteiger partial charge in [0.2, 0.25) is 10.0 Å². The molecule has 0 radical (unpaired) electrons. The van der Waals surface area contributed by atoms with Crippen LogP contribution in [0.1, 0.15) is 63.9 Å². The van der Waals surface area contributed by atoms with Crippen LogP contribution in [0.15, 0.2) is 47.6 Å². The van der Waals surface area contributed by atoms with Crippen molar-refractivity contribution in [2.24, 2.45) is 5.10 Å². The summed E-state index contributed by atoms with van der Waals surface area (Å²) in [5, 5.41) is 6.12. The highest BCUT2D eigenvalue weighted by molar-refractivity contribution is 7.89. The van der Waals surface area contributed by atoms with E-state index in [1.807, 2.05) is 42.5 Å². The molecule has 26 heavy (non-hydrogen) atoms. The number of unbranched alkanes of at least 4 members (excludes halogenated alkanes) is 7. The predicted molar refractivity (Wildman–Crippen MR) is 111 cm³/mol. The van der Waals surface area contributed by atoms with Gasteiger partial charge in [-0.2, -0.15) is 5.10 Å². The molecule has 0 fully saturated rings. The summed E-state index contributed by atoms with van der Waals surface area (Å²) in [6.45, 7) is 2.21. The summed E-state index contributed by atoms with van der Waals surface area (Å²) in [5.74, 6) is 0.134. The van der Waals surface area contributed by atoms with Crippen LogP contribution in [0.3, 0.4) is 0 Å². The molecule has 1 N–H and O–H groups in total. The Morgan fingerprint density at radius 3 is 2.31 bits per heavy atom. The summed E-state index contributed by atoms with van der Waals surface area (Å²) >= 11 is 0. The van der Waals surface area contributed by atoms with Gasteiger partial charge in [-0.1, -0.05) is 94.3 Å². The standard InChI is InChI=1S/C21H30N2O2S/c1-2-3-4-5-6-7-8-11-17-26(24,25)23-22-18-20-15-12-14-19-13-9-10-16-21(19)20/h9-10,12-16,18,23H,2-8,11,17H2,1H3/b22-18+. The number of rotatable bonds is 12. The second-order valence-corrected chi connectivity index (χ2v) is 8.53. The van der Waals surface area contributed by atoms with E-state index in [2.05, 4.69) is 16.9 Å². The fourth-order valence-electron chi connectivity index (χ4n) is 3.01. The number of hydrogen-bond acceptors (Lipinski definition) is 3. The minimum Gasteiger partial charge on any atom is -0.205 e. The molecule has 0 aliphatic carbocycles. The third-order valence-electron chi connectivity index (χ3n) is 4.49. The minimum absolute atomic E-state index is 0.134. The Labute approximate surface area is 157 Å². The SMILES string of the molecule is CCCCCCCCCCS(=O)(=O)N/N=C/c1cccc2ccccc12. The Morgan fingerprint density at radius 2 is 1.54 bits per heavy atom. The quantitative estimate of drug-likeness (QED) is 0.314. The zero-order valence-electron chi connectivity index (χ0n) is 15.7. The highest BCUT2D eigenvalue weighted by Gasteiger charge is 2.07. The third kappa shape index (κ3) is 7.16. The van der Waals surface area contributed by atoms with Crippen LogP contribution in [0.25, 0.3) is 10.8 Å². The number of nitrogens with zero attached hydrogens (tertiary/aromatic N) is 1. The van der Waals surface area contributed by atoms with Crippen molar-refractivity contribution < 1.29 is 8.42 Å². The van der Waals surface area contributed by atoms with Gasteiger partial charge in [0.25, 0.3) is 0 Å². The van der Waals surface area contributed by atoms with E-state index in [-0.39, 0.29) is 5.75 Å². The molecule has 0 amide bonds. The topological polar surface area (TPSA) is 58.5 Å². The Morgan fingerprint density at radius 1 is 0.885 bits per heavy atom. The van der Waals surface area contributed by atoms with Gasteiger partial charge in [-0.25, -0.2) is 13.2 Å². The molecule has 0 aromatic heterocycles. The van der Waals surface area contributed by atoms with Crippen LogP contribution in [0.4, 0.5) is 0 Å². The molecule has 5 heteroatoms. The Hall–Kier alpha value is -1.88. The van der Waals surface area contributed by atoms with E-state index < -0.39 is 10.0 Å².